The summed E-state index contributed by atoms with van der Waals surface area (Å²) >= 11 is 3.50. The van der Waals surface area contributed by atoms with E-state index >= 15 is 0 Å². The van der Waals surface area contributed by atoms with Crippen molar-refractivity contribution in [1.29, 1.82) is 0 Å². The average Bonchev–Trinajstić information content (AvgIpc) is 2.29. The van der Waals surface area contributed by atoms with E-state index in [1.54, 1.807) is 0 Å². The molecule has 17 heavy (non-hydrogen) atoms. The minimum atomic E-state index is -0.198. The van der Waals surface area contributed by atoms with Gasteiger partial charge in [-0.1, -0.05) is 67.1 Å². The molecule has 1 nitrogen and oxygen atoms in total. The van der Waals surface area contributed by atoms with E-state index in [0.29, 0.717) is 0 Å². The van der Waals surface area contributed by atoms with Crippen molar-refractivity contribution in [3.8, 4) is 0 Å². The van der Waals surface area contributed by atoms with Crippen LogP contribution < -0.4 is 5.73 Å². The molecule has 0 amide bonds. The molecule has 2 N–H and O–H groups in total. The quantitative estimate of drug-likeness (QED) is 0.706. The van der Waals surface area contributed by atoms with Gasteiger partial charge in [0, 0.05) is 10.0 Å². The Bertz CT molecular complexity index is 333. The lowest BCUT2D eigenvalue weighted by Gasteiger charge is -2.25. The molecule has 1 aromatic carbocycles. The summed E-state index contributed by atoms with van der Waals surface area (Å²) in [6.07, 6.45) is 7.57. The van der Waals surface area contributed by atoms with Crippen molar-refractivity contribution < 1.29 is 0 Å². The van der Waals surface area contributed by atoms with Crippen LogP contribution >= 0.6 is 15.9 Å². The third kappa shape index (κ3) is 5.22. The summed E-state index contributed by atoms with van der Waals surface area (Å²) in [5, 5.41) is 0. The van der Waals surface area contributed by atoms with E-state index in [0.717, 1.165) is 10.9 Å². The minimum absolute atomic E-state index is 0.198. The Morgan fingerprint density at radius 3 is 2.53 bits per heavy atom. The smallest absolute Gasteiger partial charge is 0.0381 e. The van der Waals surface area contributed by atoms with Crippen molar-refractivity contribution in [2.75, 3.05) is 0 Å². The molecule has 2 heteroatoms. The van der Waals surface area contributed by atoms with Gasteiger partial charge in [0.2, 0.25) is 0 Å². The third-order valence-corrected chi connectivity index (χ3v) is 3.78. The van der Waals surface area contributed by atoms with Gasteiger partial charge in [-0.05, 0) is 31.0 Å². The molecule has 0 bridgehead atoms. The molecule has 0 aliphatic rings. The van der Waals surface area contributed by atoms with Gasteiger partial charge in [-0.25, -0.2) is 0 Å². The standard InChI is InChI=1S/C15H24BrN/c1-3-4-5-6-7-11-15(2,17)13-9-8-10-14(16)12-13/h8-10,12H,3-7,11,17H2,1-2H3. The van der Waals surface area contributed by atoms with E-state index in [2.05, 4.69) is 48.0 Å². The lowest BCUT2D eigenvalue weighted by molar-refractivity contribution is 0.422. The number of unbranched alkanes of at least 4 members (excludes halogenated alkanes) is 4. The van der Waals surface area contributed by atoms with Crippen LogP contribution in [0.2, 0.25) is 0 Å². The fourth-order valence-electron chi connectivity index (χ4n) is 2.08. The Labute approximate surface area is 114 Å². The van der Waals surface area contributed by atoms with E-state index in [1.807, 2.05) is 6.07 Å². The Morgan fingerprint density at radius 1 is 1.18 bits per heavy atom. The molecule has 1 atom stereocenters. The van der Waals surface area contributed by atoms with Gasteiger partial charge in [-0.15, -0.1) is 0 Å². The first-order chi connectivity index (χ1) is 8.06. The van der Waals surface area contributed by atoms with E-state index in [9.17, 15) is 0 Å². The topological polar surface area (TPSA) is 26.0 Å². The number of halogens is 1. The van der Waals surface area contributed by atoms with Gasteiger partial charge in [0.15, 0.2) is 0 Å². The normalized spacial score (nSPS) is 14.6. The predicted octanol–water partition coefficient (Wildman–Crippen LogP) is 4.98. The van der Waals surface area contributed by atoms with Gasteiger partial charge >= 0.3 is 0 Å². The number of hydrogen-bond acceptors (Lipinski definition) is 1. The largest absolute Gasteiger partial charge is 0.322 e. The highest BCUT2D eigenvalue weighted by Gasteiger charge is 2.20. The molecule has 0 fully saturated rings. The molecule has 0 aliphatic heterocycles. The number of rotatable bonds is 7. The Hall–Kier alpha value is -0.340. The van der Waals surface area contributed by atoms with E-state index in [1.165, 1.54) is 37.7 Å². The molecule has 0 saturated carbocycles. The minimum Gasteiger partial charge on any atom is -0.322 e. The van der Waals surface area contributed by atoms with Crippen LogP contribution in [-0.2, 0) is 5.54 Å². The van der Waals surface area contributed by atoms with Crippen LogP contribution in [0, 0.1) is 0 Å². The SMILES string of the molecule is CCCCCCCC(C)(N)c1cccc(Br)c1. The lowest BCUT2D eigenvalue weighted by Crippen LogP contribution is -2.32. The van der Waals surface area contributed by atoms with Crippen molar-refractivity contribution in [2.24, 2.45) is 5.73 Å². The highest BCUT2D eigenvalue weighted by Crippen LogP contribution is 2.26. The molecule has 1 unspecified atom stereocenters. The second-order valence-corrected chi connectivity index (χ2v) is 6.01. The fourth-order valence-corrected chi connectivity index (χ4v) is 2.48. The van der Waals surface area contributed by atoms with Crippen molar-refractivity contribution in [3.05, 3.63) is 34.3 Å². The van der Waals surface area contributed by atoms with E-state index in [4.69, 9.17) is 5.73 Å². The molecule has 0 saturated heterocycles. The first kappa shape index (κ1) is 14.7. The summed E-state index contributed by atoms with van der Waals surface area (Å²) < 4.78 is 1.11. The molecular formula is C15H24BrN. The summed E-state index contributed by atoms with van der Waals surface area (Å²) in [4.78, 5) is 0. The second kappa shape index (κ2) is 7.17. The van der Waals surface area contributed by atoms with Crippen LogP contribution in [0.5, 0.6) is 0 Å². The zero-order chi connectivity index (χ0) is 12.7. The van der Waals surface area contributed by atoms with Crippen LogP contribution in [0.3, 0.4) is 0 Å². The van der Waals surface area contributed by atoms with Crippen molar-refractivity contribution in [3.63, 3.8) is 0 Å². The number of hydrogen-bond donors (Lipinski definition) is 1. The van der Waals surface area contributed by atoms with Crippen LogP contribution in [0.4, 0.5) is 0 Å². The molecule has 96 valence electrons. The molecule has 1 rings (SSSR count). The molecule has 0 aliphatic carbocycles. The van der Waals surface area contributed by atoms with Crippen LogP contribution in [0.25, 0.3) is 0 Å². The van der Waals surface area contributed by atoms with Gasteiger partial charge in [-0.3, -0.25) is 0 Å². The van der Waals surface area contributed by atoms with Gasteiger partial charge < -0.3 is 5.73 Å². The lowest BCUT2D eigenvalue weighted by atomic mass is 9.87. The zero-order valence-corrected chi connectivity index (χ0v) is 12.6. The van der Waals surface area contributed by atoms with Crippen molar-refractivity contribution in [2.45, 2.75) is 57.9 Å². The second-order valence-electron chi connectivity index (χ2n) is 5.09. The molecule has 0 heterocycles. The van der Waals surface area contributed by atoms with E-state index < -0.39 is 0 Å². The van der Waals surface area contributed by atoms with Gasteiger partial charge in [0.25, 0.3) is 0 Å². The summed E-state index contributed by atoms with van der Waals surface area (Å²) in [5.41, 5.74) is 7.43. The summed E-state index contributed by atoms with van der Waals surface area (Å²) in [6.45, 7) is 4.38. The molecule has 1 aromatic rings. The maximum absolute atomic E-state index is 6.40. The highest BCUT2D eigenvalue weighted by molar-refractivity contribution is 9.10. The first-order valence-electron chi connectivity index (χ1n) is 6.61. The van der Waals surface area contributed by atoms with Crippen LogP contribution in [-0.4, -0.2) is 0 Å². The summed E-state index contributed by atoms with van der Waals surface area (Å²) in [6, 6.07) is 8.35. The first-order valence-corrected chi connectivity index (χ1v) is 7.40. The Kier molecular flexibility index (Phi) is 6.21. The van der Waals surface area contributed by atoms with Gasteiger partial charge in [-0.2, -0.15) is 0 Å². The van der Waals surface area contributed by atoms with Gasteiger partial charge in [0.05, 0.1) is 0 Å². The highest BCUT2D eigenvalue weighted by atomic mass is 79.9. The van der Waals surface area contributed by atoms with Crippen molar-refractivity contribution >= 4 is 15.9 Å². The molecule has 0 spiro atoms. The van der Waals surface area contributed by atoms with Crippen LogP contribution in [0.1, 0.15) is 57.9 Å². The Morgan fingerprint density at radius 2 is 1.88 bits per heavy atom. The maximum Gasteiger partial charge on any atom is 0.0381 e. The zero-order valence-electron chi connectivity index (χ0n) is 11.0. The third-order valence-electron chi connectivity index (χ3n) is 3.28. The average molecular weight is 298 g/mol. The maximum atomic E-state index is 6.40. The molecule has 0 radical (unpaired) electrons. The summed E-state index contributed by atoms with van der Waals surface area (Å²) in [7, 11) is 0. The van der Waals surface area contributed by atoms with Crippen molar-refractivity contribution in [1.82, 2.24) is 0 Å². The predicted molar refractivity (Wildman–Crippen MR) is 79.1 cm³/mol. The molecular weight excluding hydrogens is 274 g/mol. The fraction of sp³-hybridized carbons (Fsp3) is 0.600. The Balaban J connectivity index is 2.45. The number of nitrogens with two attached hydrogens (primary N) is 1. The monoisotopic (exact) mass is 297 g/mol. The molecule has 0 aromatic heterocycles. The van der Waals surface area contributed by atoms with E-state index in [-0.39, 0.29) is 5.54 Å². The van der Waals surface area contributed by atoms with Crippen LogP contribution in [0.15, 0.2) is 28.7 Å². The number of benzene rings is 1. The summed E-state index contributed by atoms with van der Waals surface area (Å²) in [5.74, 6) is 0. The van der Waals surface area contributed by atoms with Gasteiger partial charge in [0.1, 0.15) is 0 Å².